The summed E-state index contributed by atoms with van der Waals surface area (Å²) in [4.78, 5) is 25.3. The van der Waals surface area contributed by atoms with Crippen LogP contribution in [0.25, 0.3) is 0 Å². The van der Waals surface area contributed by atoms with Gasteiger partial charge in [0, 0.05) is 25.6 Å². The smallest absolute Gasteiger partial charge is 0.333 e. The summed E-state index contributed by atoms with van der Waals surface area (Å²) in [5.41, 5.74) is -0.398. The molecule has 3 rings (SSSR count). The van der Waals surface area contributed by atoms with Crippen molar-refractivity contribution in [1.29, 1.82) is 0 Å². The van der Waals surface area contributed by atoms with Crippen molar-refractivity contribution >= 4 is 29.8 Å². The molecule has 1 aromatic carbocycles. The maximum absolute atomic E-state index is 13.6. The minimum atomic E-state index is -4.68. The summed E-state index contributed by atoms with van der Waals surface area (Å²) < 4.78 is 78.9. The zero-order chi connectivity index (χ0) is 22.6. The molecule has 0 saturated carbocycles. The maximum atomic E-state index is 13.6. The van der Waals surface area contributed by atoms with Gasteiger partial charge in [-0.2, -0.15) is 13.2 Å². The highest BCUT2D eigenvalue weighted by Crippen LogP contribution is 2.29. The van der Waals surface area contributed by atoms with Gasteiger partial charge >= 0.3 is 6.18 Å². The fourth-order valence-corrected chi connectivity index (χ4v) is 2.83. The Morgan fingerprint density at radius 1 is 1.03 bits per heavy atom. The van der Waals surface area contributed by atoms with Gasteiger partial charge in [-0.25, -0.2) is 13.2 Å². The fraction of sp³-hybridized carbons (Fsp3) is 0.353. The zero-order valence-electron chi connectivity index (χ0n) is 15.2. The molecule has 0 aliphatic carbocycles. The van der Waals surface area contributed by atoms with E-state index >= 15 is 0 Å². The molecule has 1 aliphatic heterocycles. The van der Waals surface area contributed by atoms with Crippen molar-refractivity contribution in [2.75, 3.05) is 6.54 Å². The lowest BCUT2D eigenvalue weighted by atomic mass is 10.1. The largest absolute Gasteiger partial charge is 0.451 e. The molecule has 0 saturated heterocycles. The highest BCUT2D eigenvalue weighted by Gasteiger charge is 2.40. The molecule has 1 amide bonds. The number of alkyl halides is 3. The maximum Gasteiger partial charge on any atom is 0.451 e. The molecule has 13 heteroatoms. The first kappa shape index (κ1) is 23.4. The van der Waals surface area contributed by atoms with Crippen LogP contribution in [0.2, 0.25) is 0 Å². The van der Waals surface area contributed by atoms with Crippen LogP contribution >= 0.6 is 12.2 Å². The van der Waals surface area contributed by atoms with Gasteiger partial charge in [0.2, 0.25) is 11.7 Å². The van der Waals surface area contributed by atoms with E-state index in [2.05, 4.69) is 28.3 Å². The molecule has 0 spiro atoms. The molecule has 2 heterocycles. The number of amides is 1. The number of halogens is 6. The summed E-state index contributed by atoms with van der Waals surface area (Å²) in [5, 5.41) is 6.50. The van der Waals surface area contributed by atoms with E-state index in [0.717, 1.165) is 9.47 Å². The number of benzene rings is 1. The topological polar surface area (TPSA) is 68.1 Å². The van der Waals surface area contributed by atoms with E-state index in [1.165, 1.54) is 0 Å². The number of thiocarbonyl (C=S) groups is 1. The molecule has 162 valence electrons. The first-order valence-electron chi connectivity index (χ1n) is 8.27. The van der Waals surface area contributed by atoms with Crippen molar-refractivity contribution in [1.82, 2.24) is 19.7 Å². The Balaban J connectivity index is 0.00000155. The van der Waals surface area contributed by atoms with Gasteiger partial charge in [-0.15, -0.1) is 10.2 Å². The zero-order valence-corrected chi connectivity index (χ0v) is 16.0. The predicted molar refractivity (Wildman–Crippen MR) is 94.8 cm³/mol. The monoisotopic (exact) mass is 452 g/mol. The summed E-state index contributed by atoms with van der Waals surface area (Å²) in [6.07, 6.45) is -5.97. The van der Waals surface area contributed by atoms with Crippen molar-refractivity contribution in [3.8, 4) is 0 Å². The normalized spacial score (nSPS) is 13.3. The second kappa shape index (κ2) is 9.32. The van der Waals surface area contributed by atoms with E-state index in [1.807, 2.05) is 0 Å². The van der Waals surface area contributed by atoms with Crippen LogP contribution in [-0.2, 0) is 35.3 Å². The van der Waals surface area contributed by atoms with Crippen molar-refractivity contribution in [3.63, 3.8) is 0 Å². The Morgan fingerprint density at radius 2 is 1.67 bits per heavy atom. The average Bonchev–Trinajstić information content (AvgIpc) is 3.11. The molecule has 0 N–H and O–H groups in total. The number of nitrogens with zero attached hydrogens (tertiary/aromatic N) is 4. The lowest BCUT2D eigenvalue weighted by Gasteiger charge is -2.27. The summed E-state index contributed by atoms with van der Waals surface area (Å²) in [6, 6.07) is 0.838. The Kier molecular flexibility index (Phi) is 7.29. The van der Waals surface area contributed by atoms with Crippen LogP contribution in [0, 0.1) is 17.5 Å². The number of Topliss-reactive ketones (excluding diaryl/α,β-unsaturated/α-hetero) is 1. The quantitative estimate of drug-likeness (QED) is 0.309. The molecular weight excluding hydrogens is 438 g/mol. The van der Waals surface area contributed by atoms with Gasteiger partial charge in [0.15, 0.2) is 17.5 Å². The third kappa shape index (κ3) is 5.20. The van der Waals surface area contributed by atoms with Crippen molar-refractivity contribution in [2.45, 2.75) is 32.1 Å². The van der Waals surface area contributed by atoms with Gasteiger partial charge in [0.1, 0.15) is 11.6 Å². The lowest BCUT2D eigenvalue weighted by molar-refractivity contribution is -0.148. The summed E-state index contributed by atoms with van der Waals surface area (Å²) >= 11 is 3.83. The number of aromatic nitrogens is 3. The van der Waals surface area contributed by atoms with Crippen LogP contribution in [0.3, 0.4) is 0 Å². The SMILES string of the molecule is C=S.O=C(CC(=O)N1CCn2c(nnc2C(F)(F)F)C1)Cc1cc(F)c(F)cc1F. The van der Waals surface area contributed by atoms with Crippen molar-refractivity contribution in [2.24, 2.45) is 0 Å². The summed E-state index contributed by atoms with van der Waals surface area (Å²) in [5.74, 6) is -3.71. The van der Waals surface area contributed by atoms with Crippen molar-refractivity contribution < 1.29 is 35.9 Å². The molecule has 0 unspecified atom stereocenters. The molecule has 0 bridgehead atoms. The van der Waals surface area contributed by atoms with E-state index in [-0.39, 0.29) is 25.5 Å². The molecule has 30 heavy (non-hydrogen) atoms. The first-order valence-corrected chi connectivity index (χ1v) is 8.85. The molecular formula is C17H14F6N4O2S. The number of carbonyl (C=O) groups is 2. The highest BCUT2D eigenvalue weighted by atomic mass is 32.1. The molecule has 2 aromatic rings. The van der Waals surface area contributed by atoms with E-state index < -0.39 is 59.5 Å². The average molecular weight is 452 g/mol. The molecule has 1 aliphatic rings. The third-order valence-corrected chi connectivity index (χ3v) is 4.18. The fourth-order valence-electron chi connectivity index (χ4n) is 2.83. The number of fused-ring (bicyclic) bond motifs is 1. The standard InChI is InChI=1S/C16H12F6N4O2.CH2S/c17-10-6-12(19)11(18)4-8(10)3-9(27)5-14(28)25-1-2-26-13(7-25)23-24-15(26)16(20,21)22;1-2/h4,6H,1-3,5,7H2;1H2. The third-order valence-electron chi connectivity index (χ3n) is 4.18. The van der Waals surface area contributed by atoms with Gasteiger partial charge in [-0.1, -0.05) is 12.2 Å². The van der Waals surface area contributed by atoms with Crippen LogP contribution in [0.5, 0.6) is 0 Å². The minimum absolute atomic E-state index is 0.0778. The van der Waals surface area contributed by atoms with Crippen molar-refractivity contribution in [3.05, 3.63) is 46.8 Å². The summed E-state index contributed by atoms with van der Waals surface area (Å²) in [6.45, 7) is -0.566. The van der Waals surface area contributed by atoms with E-state index in [4.69, 9.17) is 0 Å². The van der Waals surface area contributed by atoms with E-state index in [1.54, 1.807) is 0 Å². The van der Waals surface area contributed by atoms with Gasteiger partial charge in [0.05, 0.1) is 13.0 Å². The van der Waals surface area contributed by atoms with Crippen LogP contribution in [-0.4, -0.2) is 43.8 Å². The van der Waals surface area contributed by atoms with Gasteiger partial charge in [0.25, 0.3) is 0 Å². The number of hydrogen-bond acceptors (Lipinski definition) is 5. The Labute approximate surface area is 171 Å². The van der Waals surface area contributed by atoms with Gasteiger partial charge in [-0.05, 0) is 17.5 Å². The van der Waals surface area contributed by atoms with E-state index in [0.29, 0.717) is 12.1 Å². The molecule has 0 fully saturated rings. The predicted octanol–water partition coefficient (Wildman–Crippen LogP) is 2.87. The Hall–Kier alpha value is -2.83. The number of ketones is 1. The number of hydrogen-bond donors (Lipinski definition) is 0. The minimum Gasteiger partial charge on any atom is -0.333 e. The van der Waals surface area contributed by atoms with Crippen LogP contribution in [0.4, 0.5) is 26.3 Å². The molecule has 0 radical (unpaired) electrons. The number of carbonyl (C=O) groups excluding carboxylic acids is 2. The van der Waals surface area contributed by atoms with Crippen LogP contribution in [0.15, 0.2) is 12.1 Å². The first-order chi connectivity index (χ1) is 14.1. The van der Waals surface area contributed by atoms with Crippen LogP contribution < -0.4 is 0 Å². The molecule has 6 nitrogen and oxygen atoms in total. The molecule has 0 atom stereocenters. The second-order valence-electron chi connectivity index (χ2n) is 6.15. The van der Waals surface area contributed by atoms with Gasteiger partial charge in [-0.3, -0.25) is 9.59 Å². The summed E-state index contributed by atoms with van der Waals surface area (Å²) in [7, 11) is 0. The Morgan fingerprint density at radius 3 is 2.30 bits per heavy atom. The van der Waals surface area contributed by atoms with E-state index in [9.17, 15) is 35.9 Å². The van der Waals surface area contributed by atoms with Crippen LogP contribution in [0.1, 0.15) is 23.6 Å². The second-order valence-corrected chi connectivity index (χ2v) is 6.15. The Bertz CT molecular complexity index is 962. The van der Waals surface area contributed by atoms with Gasteiger partial charge < -0.3 is 9.47 Å². The number of rotatable bonds is 4. The highest BCUT2D eigenvalue weighted by molar-refractivity contribution is 7.77. The molecule has 1 aromatic heterocycles. The lowest BCUT2D eigenvalue weighted by Crippen LogP contribution is -2.40.